The molecule has 0 nitrogen and oxygen atoms in total. The Morgan fingerprint density at radius 3 is 0.924 bits per heavy atom. The Labute approximate surface area is 428 Å². The maximum Gasteiger partial charge on any atom is 1.00 e. The van der Waals surface area contributed by atoms with Gasteiger partial charge in [-0.3, -0.25) is 11.8 Å². The fourth-order valence-corrected chi connectivity index (χ4v) is 15.0. The summed E-state index contributed by atoms with van der Waals surface area (Å²) in [6, 6.07) is 74.0. The molecule has 8 aromatic carbocycles. The molecule has 0 aliphatic heterocycles. The van der Waals surface area contributed by atoms with Gasteiger partial charge in [0, 0.05) is 10.8 Å². The van der Waals surface area contributed by atoms with Crippen LogP contribution in [0.5, 0.6) is 0 Å². The SMILES string of the molecule is [Au+].[Au+].[C-]#Cc1ccc2c(c1)C(C)(C)c1ccccc1-2.[C-]#Cc1ccc2c(c1)C(C)(C)c1ccccc1-2.c1ccc([PH+](CCCC[PH+](c2ccccc2)c2ccccc2)c2ccccc2)cc1. The van der Waals surface area contributed by atoms with Gasteiger partial charge in [-0.25, -0.2) is 0 Å². The molecule has 0 atom stereocenters. The molecule has 2 aliphatic rings. The van der Waals surface area contributed by atoms with Crippen molar-refractivity contribution in [2.45, 2.75) is 51.4 Å². The second kappa shape index (κ2) is 23.3. The predicted molar refractivity (Wildman–Crippen MR) is 280 cm³/mol. The van der Waals surface area contributed by atoms with Gasteiger partial charge in [0.25, 0.3) is 0 Å². The van der Waals surface area contributed by atoms with E-state index in [1.165, 1.54) is 90.9 Å². The largest absolute Gasteiger partial charge is 1.00 e. The Balaban J connectivity index is 0.000000172. The first-order chi connectivity index (χ1) is 31.2. The van der Waals surface area contributed by atoms with E-state index in [-0.39, 0.29) is 55.6 Å². The molecular weight excluding hydrogens is 1200 g/mol. The molecule has 0 N–H and O–H groups in total. The van der Waals surface area contributed by atoms with Gasteiger partial charge in [0.1, 0.15) is 0 Å². The van der Waals surface area contributed by atoms with Crippen LogP contribution in [0.4, 0.5) is 0 Å². The van der Waals surface area contributed by atoms with Crippen molar-refractivity contribution in [3.8, 4) is 34.1 Å². The Bertz CT molecular complexity index is 2630. The molecule has 10 rings (SSSR count). The number of rotatable bonds is 9. The van der Waals surface area contributed by atoms with Crippen LogP contribution in [-0.2, 0) is 55.6 Å². The summed E-state index contributed by atoms with van der Waals surface area (Å²) in [6.45, 7) is 8.97. The van der Waals surface area contributed by atoms with E-state index in [9.17, 15) is 0 Å². The van der Waals surface area contributed by atoms with E-state index in [0.29, 0.717) is 0 Å². The van der Waals surface area contributed by atoms with Gasteiger partial charge in [-0.15, -0.1) is 35.4 Å². The third-order valence-electron chi connectivity index (χ3n) is 13.0. The van der Waals surface area contributed by atoms with Gasteiger partial charge in [-0.05, 0) is 106 Å². The Hall–Kier alpha value is -4.78. The molecule has 0 saturated carbocycles. The molecule has 0 unspecified atom stereocenters. The van der Waals surface area contributed by atoms with Crippen molar-refractivity contribution in [3.63, 3.8) is 0 Å². The third kappa shape index (κ3) is 11.1. The van der Waals surface area contributed by atoms with Crippen LogP contribution in [0.1, 0.15) is 73.9 Å². The maximum absolute atomic E-state index is 7.25. The van der Waals surface area contributed by atoms with Crippen molar-refractivity contribution in [2.24, 2.45) is 0 Å². The van der Waals surface area contributed by atoms with Gasteiger partial charge < -0.3 is 12.8 Å². The molecule has 0 amide bonds. The molecule has 4 heteroatoms. The van der Waals surface area contributed by atoms with Crippen LogP contribution in [-0.4, -0.2) is 12.3 Å². The molecular formula is C62H56Au2P2+2. The fourth-order valence-electron chi connectivity index (χ4n) is 9.64. The Morgan fingerprint density at radius 1 is 0.348 bits per heavy atom. The number of unbranched alkanes of at least 4 members (excludes halogenated alkanes) is 1. The van der Waals surface area contributed by atoms with Crippen molar-refractivity contribution in [1.29, 1.82) is 0 Å². The van der Waals surface area contributed by atoms with Crippen LogP contribution in [0.2, 0.25) is 0 Å². The average Bonchev–Trinajstić information content (AvgIpc) is 3.72. The van der Waals surface area contributed by atoms with Crippen molar-refractivity contribution in [1.82, 2.24) is 0 Å². The maximum atomic E-state index is 7.25. The first-order valence-corrected chi connectivity index (χ1v) is 25.9. The summed E-state index contributed by atoms with van der Waals surface area (Å²) in [6.07, 6.45) is 19.7. The second-order valence-electron chi connectivity index (χ2n) is 17.7. The van der Waals surface area contributed by atoms with Crippen LogP contribution >= 0.6 is 15.8 Å². The molecule has 2 aliphatic carbocycles. The Kier molecular flexibility index (Phi) is 17.9. The van der Waals surface area contributed by atoms with Crippen LogP contribution in [0.15, 0.2) is 206 Å². The fraction of sp³-hybridized carbons (Fsp3) is 0.161. The van der Waals surface area contributed by atoms with Gasteiger partial charge in [-0.2, -0.15) is 0 Å². The molecule has 0 radical (unpaired) electrons. The smallest absolute Gasteiger partial charge is 0.366 e. The number of benzene rings is 8. The monoisotopic (exact) mass is 1260 g/mol. The van der Waals surface area contributed by atoms with Crippen LogP contribution < -0.4 is 21.2 Å². The molecule has 8 aromatic rings. The number of hydrogen-bond donors (Lipinski definition) is 0. The van der Waals surface area contributed by atoms with E-state index in [0.717, 1.165) is 11.1 Å². The van der Waals surface area contributed by atoms with Crippen LogP contribution in [0.3, 0.4) is 0 Å². The molecule has 0 spiro atoms. The van der Waals surface area contributed by atoms with Crippen molar-refractivity contribution in [3.05, 3.63) is 252 Å². The van der Waals surface area contributed by atoms with E-state index >= 15 is 0 Å². The molecule has 0 aromatic heterocycles. The van der Waals surface area contributed by atoms with Gasteiger partial charge in [0.05, 0.1) is 49.4 Å². The van der Waals surface area contributed by atoms with Crippen molar-refractivity contribution in [2.75, 3.05) is 12.3 Å². The summed E-state index contributed by atoms with van der Waals surface area (Å²) in [7, 11) is -1.43. The summed E-state index contributed by atoms with van der Waals surface area (Å²) in [5.41, 5.74) is 12.3. The standard InChI is InChI=1S/C28H28P2.2C17H13.2Au/c1-5-15-25(16-6-1)29(26-17-7-2-8-18-26)23-13-14-24-30(27-19-9-3-10-20-27)28-21-11-4-12-22-28;2*1-4-12-9-10-14-13-7-5-6-8-15(13)17(2,3)16(14)11-12;;/h1-12,15-22H,13-14,23-24H2;2*5-11H,2-3H3;;/q;2*-1;2*+1/p+2. The zero-order valence-electron chi connectivity index (χ0n) is 38.1. The molecule has 0 bridgehead atoms. The molecule has 0 heterocycles. The minimum Gasteiger partial charge on any atom is -0.366 e. The minimum atomic E-state index is -0.714. The van der Waals surface area contributed by atoms with Gasteiger partial charge >= 0.3 is 44.8 Å². The molecule has 334 valence electrons. The van der Waals surface area contributed by atoms with Gasteiger partial charge in [0.2, 0.25) is 0 Å². The quantitative estimate of drug-likeness (QED) is 0.0444. The number of hydrogen-bond acceptors (Lipinski definition) is 0. The summed E-state index contributed by atoms with van der Waals surface area (Å²) in [4.78, 5) is 0. The second-order valence-corrected chi connectivity index (χ2v) is 23.0. The predicted octanol–water partition coefficient (Wildman–Crippen LogP) is 13.4. The normalized spacial score (nSPS) is 12.7. The van der Waals surface area contributed by atoms with E-state index < -0.39 is 15.8 Å². The summed E-state index contributed by atoms with van der Waals surface area (Å²) >= 11 is 0. The zero-order chi connectivity index (χ0) is 44.5. The minimum absolute atomic E-state index is 0. The summed E-state index contributed by atoms with van der Waals surface area (Å²) in [5, 5.41) is 6.13. The van der Waals surface area contributed by atoms with Crippen LogP contribution in [0, 0.1) is 24.7 Å². The zero-order valence-corrected chi connectivity index (χ0v) is 44.4. The van der Waals surface area contributed by atoms with Gasteiger partial charge in [-0.1, -0.05) is 161 Å². The Morgan fingerprint density at radius 2 is 0.621 bits per heavy atom. The topological polar surface area (TPSA) is 0 Å². The van der Waals surface area contributed by atoms with Crippen molar-refractivity contribution >= 4 is 37.1 Å². The van der Waals surface area contributed by atoms with E-state index in [1.807, 2.05) is 12.1 Å². The van der Waals surface area contributed by atoms with E-state index in [2.05, 4.69) is 234 Å². The van der Waals surface area contributed by atoms with Crippen LogP contribution in [0.25, 0.3) is 22.3 Å². The first-order valence-electron chi connectivity index (χ1n) is 22.5. The summed E-state index contributed by atoms with van der Waals surface area (Å²) < 4.78 is 0. The molecule has 0 saturated heterocycles. The van der Waals surface area contributed by atoms with Gasteiger partial charge in [0.15, 0.2) is 0 Å². The summed E-state index contributed by atoms with van der Waals surface area (Å²) in [5.74, 6) is 4.94. The first kappa shape index (κ1) is 50.6. The van der Waals surface area contributed by atoms with E-state index in [4.69, 9.17) is 12.8 Å². The average molecular weight is 1260 g/mol. The van der Waals surface area contributed by atoms with E-state index in [1.54, 1.807) is 0 Å². The number of fused-ring (bicyclic) bond motifs is 6. The molecule has 0 fully saturated rings. The third-order valence-corrected chi connectivity index (χ3v) is 18.9. The van der Waals surface area contributed by atoms with Crippen molar-refractivity contribution < 1.29 is 44.8 Å². The molecule has 66 heavy (non-hydrogen) atoms.